The maximum Gasteiger partial charge on any atom is 0.304 e. The summed E-state index contributed by atoms with van der Waals surface area (Å²) in [6, 6.07) is 0. The molecule has 0 aliphatic carbocycles. The molecule has 0 saturated carbocycles. The number of rotatable bonds is 23. The Morgan fingerprint density at radius 1 is 0.536 bits per heavy atom. The summed E-state index contributed by atoms with van der Waals surface area (Å²) in [5, 5.41) is 9.00. The summed E-state index contributed by atoms with van der Waals surface area (Å²) in [4.78, 5) is 13.3. The van der Waals surface area contributed by atoms with Crippen LogP contribution in [-0.4, -0.2) is 35.6 Å². The van der Waals surface area contributed by atoms with Crippen LogP contribution in [0.4, 0.5) is 0 Å². The standard InChI is InChI=1S/C25H51NO2/c1-3-5-7-9-11-13-15-17-19-22-26(24-21-25(27)28)23-20-18-16-14-12-10-8-6-4-2/h3-24H2,1-2H3,(H,27,28). The monoisotopic (exact) mass is 397 g/mol. The van der Waals surface area contributed by atoms with Gasteiger partial charge in [0.25, 0.3) is 0 Å². The third-order valence-corrected chi connectivity index (χ3v) is 5.80. The molecule has 0 aromatic rings. The molecule has 0 aliphatic rings. The second kappa shape index (κ2) is 22.7. The lowest BCUT2D eigenvalue weighted by Crippen LogP contribution is -2.28. The number of hydrogen-bond acceptors (Lipinski definition) is 2. The van der Waals surface area contributed by atoms with E-state index in [0.29, 0.717) is 0 Å². The molecule has 3 nitrogen and oxygen atoms in total. The average Bonchev–Trinajstić information content (AvgIpc) is 2.68. The summed E-state index contributed by atoms with van der Waals surface area (Å²) < 4.78 is 0. The molecule has 0 spiro atoms. The van der Waals surface area contributed by atoms with Crippen LogP contribution in [0, 0.1) is 0 Å². The summed E-state index contributed by atoms with van der Waals surface area (Å²) in [5.74, 6) is -0.663. The van der Waals surface area contributed by atoms with Gasteiger partial charge in [0.15, 0.2) is 0 Å². The van der Waals surface area contributed by atoms with Crippen molar-refractivity contribution in [3.63, 3.8) is 0 Å². The molecule has 28 heavy (non-hydrogen) atoms. The number of carboxylic acid groups (broad SMARTS) is 1. The second-order valence-corrected chi connectivity index (χ2v) is 8.64. The van der Waals surface area contributed by atoms with E-state index in [4.69, 9.17) is 5.11 Å². The van der Waals surface area contributed by atoms with Crippen molar-refractivity contribution in [2.45, 2.75) is 136 Å². The molecule has 0 amide bonds. The van der Waals surface area contributed by atoms with Gasteiger partial charge in [-0.2, -0.15) is 0 Å². The highest BCUT2D eigenvalue weighted by Gasteiger charge is 2.07. The lowest BCUT2D eigenvalue weighted by Gasteiger charge is -2.21. The van der Waals surface area contributed by atoms with Crippen LogP contribution >= 0.6 is 0 Å². The van der Waals surface area contributed by atoms with Crippen molar-refractivity contribution in [2.75, 3.05) is 19.6 Å². The fraction of sp³-hybridized carbons (Fsp3) is 0.960. The highest BCUT2D eigenvalue weighted by Crippen LogP contribution is 2.12. The zero-order valence-corrected chi connectivity index (χ0v) is 19.4. The number of carboxylic acids is 1. The zero-order valence-electron chi connectivity index (χ0n) is 19.4. The Labute approximate surface area is 176 Å². The number of aliphatic carboxylic acids is 1. The van der Waals surface area contributed by atoms with Crippen LogP contribution in [0.5, 0.6) is 0 Å². The van der Waals surface area contributed by atoms with Crippen molar-refractivity contribution >= 4 is 5.97 Å². The molecule has 0 atom stereocenters. The highest BCUT2D eigenvalue weighted by atomic mass is 16.4. The first-order valence-electron chi connectivity index (χ1n) is 12.6. The van der Waals surface area contributed by atoms with Crippen molar-refractivity contribution in [1.82, 2.24) is 4.90 Å². The Balaban J connectivity index is 3.66. The van der Waals surface area contributed by atoms with Crippen LogP contribution in [0.15, 0.2) is 0 Å². The molecular formula is C25H51NO2. The largest absolute Gasteiger partial charge is 0.481 e. The van der Waals surface area contributed by atoms with Gasteiger partial charge in [0.05, 0.1) is 6.42 Å². The van der Waals surface area contributed by atoms with Gasteiger partial charge in [-0.15, -0.1) is 0 Å². The van der Waals surface area contributed by atoms with E-state index in [1.165, 1.54) is 116 Å². The number of nitrogens with zero attached hydrogens (tertiary/aromatic N) is 1. The normalized spacial score (nSPS) is 11.4. The van der Waals surface area contributed by atoms with Gasteiger partial charge in [0.2, 0.25) is 0 Å². The fourth-order valence-electron chi connectivity index (χ4n) is 3.88. The van der Waals surface area contributed by atoms with Crippen LogP contribution < -0.4 is 0 Å². The summed E-state index contributed by atoms with van der Waals surface area (Å²) in [5.41, 5.74) is 0. The molecule has 0 unspecified atom stereocenters. The van der Waals surface area contributed by atoms with Gasteiger partial charge in [-0.05, 0) is 25.9 Å². The molecule has 0 saturated heterocycles. The van der Waals surface area contributed by atoms with Crippen LogP contribution in [0.2, 0.25) is 0 Å². The topological polar surface area (TPSA) is 40.5 Å². The number of hydrogen-bond donors (Lipinski definition) is 1. The maximum absolute atomic E-state index is 10.9. The fourth-order valence-corrected chi connectivity index (χ4v) is 3.88. The molecule has 0 radical (unpaired) electrons. The van der Waals surface area contributed by atoms with Gasteiger partial charge in [0, 0.05) is 6.54 Å². The molecule has 0 aliphatic heterocycles. The van der Waals surface area contributed by atoms with E-state index < -0.39 is 5.97 Å². The summed E-state index contributed by atoms with van der Waals surface area (Å²) >= 11 is 0. The summed E-state index contributed by atoms with van der Waals surface area (Å²) in [6.07, 6.45) is 24.6. The Morgan fingerprint density at radius 3 is 1.18 bits per heavy atom. The predicted octanol–water partition coefficient (Wildman–Crippen LogP) is 7.82. The van der Waals surface area contributed by atoms with Crippen LogP contribution in [-0.2, 0) is 4.79 Å². The minimum absolute atomic E-state index is 0.287. The Hall–Kier alpha value is -0.570. The lowest BCUT2D eigenvalue weighted by molar-refractivity contribution is -0.137. The van der Waals surface area contributed by atoms with E-state index in [1.807, 2.05) is 0 Å². The lowest BCUT2D eigenvalue weighted by atomic mass is 10.1. The number of unbranched alkanes of at least 4 members (excludes halogenated alkanes) is 16. The van der Waals surface area contributed by atoms with Crippen molar-refractivity contribution in [3.8, 4) is 0 Å². The van der Waals surface area contributed by atoms with Gasteiger partial charge in [-0.3, -0.25) is 4.79 Å². The van der Waals surface area contributed by atoms with Gasteiger partial charge in [-0.1, -0.05) is 117 Å². The molecule has 0 fully saturated rings. The maximum atomic E-state index is 10.9. The Bertz CT molecular complexity index is 298. The van der Waals surface area contributed by atoms with E-state index in [9.17, 15) is 4.79 Å². The minimum atomic E-state index is -0.663. The van der Waals surface area contributed by atoms with Crippen LogP contribution in [0.3, 0.4) is 0 Å². The molecule has 0 bridgehead atoms. The first-order chi connectivity index (χ1) is 13.7. The van der Waals surface area contributed by atoms with Crippen molar-refractivity contribution in [1.29, 1.82) is 0 Å². The molecule has 3 heteroatoms. The van der Waals surface area contributed by atoms with E-state index in [2.05, 4.69) is 18.7 Å². The molecule has 0 heterocycles. The van der Waals surface area contributed by atoms with Crippen LogP contribution in [0.1, 0.15) is 136 Å². The van der Waals surface area contributed by atoms with E-state index in [1.54, 1.807) is 0 Å². The summed E-state index contributed by atoms with van der Waals surface area (Å²) in [7, 11) is 0. The second-order valence-electron chi connectivity index (χ2n) is 8.64. The van der Waals surface area contributed by atoms with Gasteiger partial charge >= 0.3 is 5.97 Å². The minimum Gasteiger partial charge on any atom is -0.481 e. The summed E-state index contributed by atoms with van der Waals surface area (Å²) in [6.45, 7) is 7.43. The van der Waals surface area contributed by atoms with E-state index >= 15 is 0 Å². The first-order valence-corrected chi connectivity index (χ1v) is 12.6. The molecular weight excluding hydrogens is 346 g/mol. The molecule has 0 aromatic heterocycles. The molecule has 168 valence electrons. The SMILES string of the molecule is CCCCCCCCCCCN(CCCCCCCCCCC)CCC(=O)O. The van der Waals surface area contributed by atoms with Gasteiger partial charge in [0.1, 0.15) is 0 Å². The van der Waals surface area contributed by atoms with E-state index in [0.717, 1.165) is 19.6 Å². The predicted molar refractivity (Wildman–Crippen MR) is 123 cm³/mol. The molecule has 0 rings (SSSR count). The molecule has 0 aromatic carbocycles. The van der Waals surface area contributed by atoms with Crippen LogP contribution in [0.25, 0.3) is 0 Å². The van der Waals surface area contributed by atoms with Crippen molar-refractivity contribution in [2.24, 2.45) is 0 Å². The van der Waals surface area contributed by atoms with Crippen molar-refractivity contribution < 1.29 is 9.90 Å². The Morgan fingerprint density at radius 2 is 0.857 bits per heavy atom. The zero-order chi connectivity index (χ0) is 20.7. The smallest absolute Gasteiger partial charge is 0.304 e. The average molecular weight is 398 g/mol. The quantitative estimate of drug-likeness (QED) is 0.179. The van der Waals surface area contributed by atoms with Crippen molar-refractivity contribution in [3.05, 3.63) is 0 Å². The number of carbonyl (C=O) groups is 1. The third kappa shape index (κ3) is 21.7. The third-order valence-electron chi connectivity index (χ3n) is 5.80. The highest BCUT2D eigenvalue weighted by molar-refractivity contribution is 5.66. The molecule has 1 N–H and O–H groups in total. The first kappa shape index (κ1) is 27.4. The van der Waals surface area contributed by atoms with Gasteiger partial charge < -0.3 is 10.0 Å². The van der Waals surface area contributed by atoms with Gasteiger partial charge in [-0.25, -0.2) is 0 Å². The Kier molecular flexibility index (Phi) is 22.3. The van der Waals surface area contributed by atoms with E-state index in [-0.39, 0.29) is 6.42 Å².